The molecule has 2 aromatic rings. The van der Waals surface area contributed by atoms with Gasteiger partial charge < -0.3 is 5.32 Å². The minimum absolute atomic E-state index is 0.271. The van der Waals surface area contributed by atoms with Crippen molar-refractivity contribution >= 4 is 32.4 Å². The van der Waals surface area contributed by atoms with E-state index in [1.807, 2.05) is 24.3 Å². The Hall–Kier alpha value is -1.20. The van der Waals surface area contributed by atoms with E-state index in [0.29, 0.717) is 11.0 Å². The van der Waals surface area contributed by atoms with Crippen molar-refractivity contribution in [2.24, 2.45) is 0 Å². The van der Waals surface area contributed by atoms with Crippen LogP contribution in [0.4, 0.5) is 10.1 Å². The normalized spacial score (nSPS) is 12.2. The zero-order chi connectivity index (χ0) is 13.8. The van der Waals surface area contributed by atoms with Gasteiger partial charge in [-0.15, -0.1) is 0 Å². The Labute approximate surface area is 122 Å². The summed E-state index contributed by atoms with van der Waals surface area (Å²) in [6.45, 7) is 0.582. The average Bonchev–Trinajstić information content (AvgIpc) is 2.40. The molecule has 0 unspecified atom stereocenters. The van der Waals surface area contributed by atoms with E-state index >= 15 is 0 Å². The fraction of sp³-hybridized carbons (Fsp3) is 0.143. The molecule has 19 heavy (non-hydrogen) atoms. The molecule has 1 N–H and O–H groups in total. The molecule has 0 aliphatic carbocycles. The van der Waals surface area contributed by atoms with Crippen LogP contribution in [0.25, 0.3) is 0 Å². The fourth-order valence-corrected chi connectivity index (χ4v) is 2.63. The van der Waals surface area contributed by atoms with Crippen molar-refractivity contribution in [3.63, 3.8) is 0 Å². The molecule has 2 aromatic carbocycles. The number of nitrogens with one attached hydrogen (secondary N) is 1. The van der Waals surface area contributed by atoms with E-state index in [2.05, 4.69) is 21.2 Å². The van der Waals surface area contributed by atoms with Gasteiger partial charge in [0.25, 0.3) is 0 Å². The first-order valence-electron chi connectivity index (χ1n) is 5.67. The first-order chi connectivity index (χ1) is 9.06. The zero-order valence-electron chi connectivity index (χ0n) is 10.3. The molecular formula is C14H13BrFNOS. The van der Waals surface area contributed by atoms with Gasteiger partial charge in [0, 0.05) is 34.2 Å². The van der Waals surface area contributed by atoms with Crippen LogP contribution in [0, 0.1) is 5.82 Å². The minimum Gasteiger partial charge on any atom is -0.381 e. The van der Waals surface area contributed by atoms with Crippen LogP contribution in [0.15, 0.2) is 51.8 Å². The molecular weight excluding hydrogens is 329 g/mol. The van der Waals surface area contributed by atoms with Crippen molar-refractivity contribution in [2.75, 3.05) is 11.6 Å². The van der Waals surface area contributed by atoms with Gasteiger partial charge >= 0.3 is 0 Å². The topological polar surface area (TPSA) is 29.1 Å². The van der Waals surface area contributed by atoms with Crippen LogP contribution in [-0.2, 0) is 17.3 Å². The van der Waals surface area contributed by atoms with Gasteiger partial charge in [-0.1, -0.05) is 12.1 Å². The van der Waals surface area contributed by atoms with Gasteiger partial charge in [-0.2, -0.15) is 0 Å². The summed E-state index contributed by atoms with van der Waals surface area (Å²) >= 11 is 3.16. The summed E-state index contributed by atoms with van der Waals surface area (Å²) < 4.78 is 24.9. The lowest BCUT2D eigenvalue weighted by Gasteiger charge is -2.08. The molecule has 0 amide bonds. The van der Waals surface area contributed by atoms with E-state index in [4.69, 9.17) is 0 Å². The highest BCUT2D eigenvalue weighted by Gasteiger charge is 2.02. The van der Waals surface area contributed by atoms with Crippen LogP contribution in [0.1, 0.15) is 5.56 Å². The van der Waals surface area contributed by atoms with Crippen LogP contribution in [0.5, 0.6) is 0 Å². The summed E-state index contributed by atoms with van der Waals surface area (Å²) in [6, 6.07) is 12.4. The Balaban J connectivity index is 2.07. The first-order valence-corrected chi connectivity index (χ1v) is 8.02. The molecule has 0 fully saturated rings. The van der Waals surface area contributed by atoms with Crippen molar-refractivity contribution in [3.8, 4) is 0 Å². The molecule has 0 saturated heterocycles. The maximum atomic E-state index is 13.1. The predicted octanol–water partition coefficient (Wildman–Crippen LogP) is 3.94. The van der Waals surface area contributed by atoms with Crippen molar-refractivity contribution < 1.29 is 8.60 Å². The zero-order valence-corrected chi connectivity index (χ0v) is 12.7. The third-order valence-corrected chi connectivity index (χ3v) is 4.17. The molecule has 2 nitrogen and oxygen atoms in total. The summed E-state index contributed by atoms with van der Waals surface area (Å²) in [5.74, 6) is -0.271. The van der Waals surface area contributed by atoms with E-state index < -0.39 is 10.8 Å². The molecule has 0 bridgehead atoms. The maximum absolute atomic E-state index is 13.1. The lowest BCUT2D eigenvalue weighted by atomic mass is 10.2. The molecule has 0 heterocycles. The summed E-state index contributed by atoms with van der Waals surface area (Å²) in [5.41, 5.74) is 1.87. The van der Waals surface area contributed by atoms with Crippen LogP contribution in [0.2, 0.25) is 0 Å². The molecule has 0 radical (unpaired) electrons. The Kier molecular flexibility index (Phi) is 4.71. The van der Waals surface area contributed by atoms with E-state index in [-0.39, 0.29) is 5.82 Å². The van der Waals surface area contributed by atoms with E-state index in [1.165, 1.54) is 6.07 Å². The highest BCUT2D eigenvalue weighted by atomic mass is 79.9. The Bertz CT molecular complexity index is 618. The van der Waals surface area contributed by atoms with Gasteiger partial charge in [-0.3, -0.25) is 4.21 Å². The molecule has 1 atom stereocenters. The average molecular weight is 342 g/mol. The lowest BCUT2D eigenvalue weighted by molar-refractivity contribution is 0.620. The Morgan fingerprint density at radius 3 is 2.74 bits per heavy atom. The third kappa shape index (κ3) is 3.88. The number of hydrogen-bond acceptors (Lipinski definition) is 2. The van der Waals surface area contributed by atoms with Crippen LogP contribution in [0.3, 0.4) is 0 Å². The van der Waals surface area contributed by atoms with Crippen molar-refractivity contribution in [1.29, 1.82) is 0 Å². The summed E-state index contributed by atoms with van der Waals surface area (Å²) in [5, 5.41) is 3.23. The van der Waals surface area contributed by atoms with E-state index in [9.17, 15) is 8.60 Å². The maximum Gasteiger partial charge on any atom is 0.137 e. The van der Waals surface area contributed by atoms with Crippen LogP contribution in [-0.4, -0.2) is 10.5 Å². The number of benzene rings is 2. The van der Waals surface area contributed by atoms with Gasteiger partial charge in [0.1, 0.15) is 5.82 Å². The van der Waals surface area contributed by atoms with Gasteiger partial charge in [0.05, 0.1) is 4.47 Å². The molecule has 0 aliphatic rings. The van der Waals surface area contributed by atoms with Gasteiger partial charge in [-0.05, 0) is 51.8 Å². The van der Waals surface area contributed by atoms with Crippen molar-refractivity contribution in [2.45, 2.75) is 11.4 Å². The minimum atomic E-state index is -0.991. The second-order valence-corrected chi connectivity index (χ2v) is 6.32. The molecule has 5 heteroatoms. The quantitative estimate of drug-likeness (QED) is 0.912. The Morgan fingerprint density at radius 2 is 2.05 bits per heavy atom. The van der Waals surface area contributed by atoms with E-state index in [1.54, 1.807) is 18.4 Å². The van der Waals surface area contributed by atoms with E-state index in [0.717, 1.165) is 16.1 Å². The van der Waals surface area contributed by atoms with Crippen LogP contribution < -0.4 is 5.32 Å². The molecule has 2 rings (SSSR count). The molecule has 0 saturated carbocycles. The SMILES string of the molecule is C[S@@](=O)c1cccc(NCc2ccc(F)c(Br)c2)c1. The third-order valence-electron chi connectivity index (χ3n) is 2.65. The number of rotatable bonds is 4. The largest absolute Gasteiger partial charge is 0.381 e. The monoisotopic (exact) mass is 341 g/mol. The second-order valence-electron chi connectivity index (χ2n) is 4.08. The van der Waals surface area contributed by atoms with Crippen molar-refractivity contribution in [1.82, 2.24) is 0 Å². The fourth-order valence-electron chi connectivity index (χ4n) is 1.64. The summed E-state index contributed by atoms with van der Waals surface area (Å²) in [4.78, 5) is 0.783. The highest BCUT2D eigenvalue weighted by molar-refractivity contribution is 9.10. The number of hydrogen-bond donors (Lipinski definition) is 1. The van der Waals surface area contributed by atoms with Gasteiger partial charge in [0.2, 0.25) is 0 Å². The highest BCUT2D eigenvalue weighted by Crippen LogP contribution is 2.18. The molecule has 0 aliphatic heterocycles. The predicted molar refractivity (Wildman–Crippen MR) is 80.2 cm³/mol. The molecule has 0 aromatic heterocycles. The first kappa shape index (κ1) is 14.2. The van der Waals surface area contributed by atoms with Gasteiger partial charge in [-0.25, -0.2) is 4.39 Å². The lowest BCUT2D eigenvalue weighted by Crippen LogP contribution is -2.00. The van der Waals surface area contributed by atoms with Crippen molar-refractivity contribution in [3.05, 3.63) is 58.3 Å². The number of anilines is 1. The Morgan fingerprint density at radius 1 is 1.26 bits per heavy atom. The molecule has 100 valence electrons. The second kappa shape index (κ2) is 6.30. The van der Waals surface area contributed by atoms with Crippen LogP contribution >= 0.6 is 15.9 Å². The molecule has 0 spiro atoms. The summed E-state index contributed by atoms with van der Waals surface area (Å²) in [6.07, 6.45) is 1.65. The standard InChI is InChI=1S/C14H13BrFNOS/c1-19(18)12-4-2-3-11(8-12)17-9-10-5-6-14(16)13(15)7-10/h2-8,17H,9H2,1H3/t19-/m1/s1. The summed E-state index contributed by atoms with van der Waals surface area (Å²) in [7, 11) is -0.991. The number of halogens is 2. The van der Waals surface area contributed by atoms with Gasteiger partial charge in [0.15, 0.2) is 0 Å². The smallest absolute Gasteiger partial charge is 0.137 e.